The molecule has 2 saturated carbocycles. The van der Waals surface area contributed by atoms with Gasteiger partial charge in [0.2, 0.25) is 5.88 Å². The first kappa shape index (κ1) is 22.5. The Labute approximate surface area is 204 Å². The van der Waals surface area contributed by atoms with E-state index in [9.17, 15) is 9.18 Å². The molecule has 2 saturated heterocycles. The zero-order valence-electron chi connectivity index (χ0n) is 19.9. The van der Waals surface area contributed by atoms with Crippen LogP contribution in [0.5, 0.6) is 5.88 Å². The average Bonchev–Trinajstić information content (AvgIpc) is 3.75. The molecule has 35 heavy (non-hydrogen) atoms. The average molecular weight is 483 g/mol. The summed E-state index contributed by atoms with van der Waals surface area (Å²) in [4.78, 5) is 23.2. The molecular weight excluding hydrogens is 451 g/mol. The van der Waals surface area contributed by atoms with Gasteiger partial charge in [-0.05, 0) is 62.6 Å². The quantitative estimate of drug-likeness (QED) is 0.621. The molecule has 186 valence electrons. The third-order valence-electron chi connectivity index (χ3n) is 7.30. The Morgan fingerprint density at radius 1 is 1.14 bits per heavy atom. The maximum atomic E-state index is 14.7. The molecule has 1 amide bonds. The molecule has 6 rings (SSSR count). The third kappa shape index (κ3) is 5.05. The van der Waals surface area contributed by atoms with Crippen molar-refractivity contribution in [2.24, 2.45) is 5.92 Å². The molecule has 1 aromatic heterocycles. The van der Waals surface area contributed by atoms with E-state index in [0.717, 1.165) is 24.8 Å². The summed E-state index contributed by atoms with van der Waals surface area (Å²) in [6.45, 7) is 2.81. The fourth-order valence-corrected chi connectivity index (χ4v) is 5.06. The SMILES string of the molecule is Cc1c(Nc2ccc(CC3CC3)cc2F)ncnc1OC1CC2COCC(C1)N2C(=O)OC1CC1. The van der Waals surface area contributed by atoms with Gasteiger partial charge in [-0.3, -0.25) is 4.90 Å². The minimum atomic E-state index is -0.290. The van der Waals surface area contributed by atoms with Crippen LogP contribution in [-0.4, -0.2) is 58.5 Å². The molecule has 4 aliphatic rings. The molecular formula is C26H31FN4O4. The number of carbonyl (C=O) groups excluding carboxylic acids is 1. The monoisotopic (exact) mass is 482 g/mol. The number of carbonyl (C=O) groups is 1. The Balaban J connectivity index is 1.13. The van der Waals surface area contributed by atoms with Crippen molar-refractivity contribution in [2.45, 2.75) is 76.2 Å². The second kappa shape index (κ2) is 9.26. The van der Waals surface area contributed by atoms with Gasteiger partial charge in [-0.15, -0.1) is 0 Å². The molecule has 9 heteroatoms. The lowest BCUT2D eigenvalue weighted by molar-refractivity contribution is -0.0915. The van der Waals surface area contributed by atoms with Gasteiger partial charge in [0.05, 0.1) is 36.5 Å². The maximum absolute atomic E-state index is 14.7. The number of benzene rings is 1. The molecule has 2 aromatic rings. The molecule has 2 atom stereocenters. The van der Waals surface area contributed by atoms with Gasteiger partial charge in [0.15, 0.2) is 0 Å². The molecule has 2 bridgehead atoms. The van der Waals surface area contributed by atoms with Crippen molar-refractivity contribution in [3.05, 3.63) is 41.5 Å². The van der Waals surface area contributed by atoms with Crippen LogP contribution in [0.25, 0.3) is 0 Å². The number of anilines is 2. The highest BCUT2D eigenvalue weighted by Crippen LogP contribution is 2.35. The molecule has 2 aliphatic heterocycles. The topological polar surface area (TPSA) is 85.8 Å². The number of rotatable bonds is 7. The molecule has 2 aliphatic carbocycles. The fraction of sp³-hybridized carbons (Fsp3) is 0.577. The summed E-state index contributed by atoms with van der Waals surface area (Å²) in [5.41, 5.74) is 2.12. The summed E-state index contributed by atoms with van der Waals surface area (Å²) in [7, 11) is 0. The van der Waals surface area contributed by atoms with E-state index in [-0.39, 0.29) is 36.2 Å². The number of hydrogen-bond donors (Lipinski definition) is 1. The minimum Gasteiger partial charge on any atom is -0.474 e. The summed E-state index contributed by atoms with van der Waals surface area (Å²) in [5, 5.41) is 3.10. The molecule has 0 radical (unpaired) electrons. The van der Waals surface area contributed by atoms with Crippen LogP contribution in [0.3, 0.4) is 0 Å². The lowest BCUT2D eigenvalue weighted by Gasteiger charge is -2.47. The number of fused-ring (bicyclic) bond motifs is 2. The Hall–Kier alpha value is -2.94. The van der Waals surface area contributed by atoms with E-state index in [1.807, 2.05) is 17.9 Å². The van der Waals surface area contributed by atoms with E-state index in [2.05, 4.69) is 15.3 Å². The van der Waals surface area contributed by atoms with Gasteiger partial charge in [-0.25, -0.2) is 19.2 Å². The smallest absolute Gasteiger partial charge is 0.410 e. The van der Waals surface area contributed by atoms with E-state index in [1.54, 1.807) is 12.1 Å². The first-order valence-electron chi connectivity index (χ1n) is 12.6. The van der Waals surface area contributed by atoms with Crippen molar-refractivity contribution in [2.75, 3.05) is 18.5 Å². The van der Waals surface area contributed by atoms with Crippen LogP contribution in [0.15, 0.2) is 24.5 Å². The van der Waals surface area contributed by atoms with Crippen molar-refractivity contribution < 1.29 is 23.4 Å². The third-order valence-corrected chi connectivity index (χ3v) is 7.30. The Morgan fingerprint density at radius 2 is 1.91 bits per heavy atom. The second-order valence-electron chi connectivity index (χ2n) is 10.3. The number of halogens is 1. The predicted octanol–water partition coefficient (Wildman–Crippen LogP) is 4.53. The first-order chi connectivity index (χ1) is 17.0. The number of nitrogens with one attached hydrogen (secondary N) is 1. The maximum Gasteiger partial charge on any atom is 0.410 e. The summed E-state index contributed by atoms with van der Waals surface area (Å²) in [5.74, 6) is 1.39. The Kier molecular flexibility index (Phi) is 5.96. The fourth-order valence-electron chi connectivity index (χ4n) is 5.06. The largest absolute Gasteiger partial charge is 0.474 e. The summed E-state index contributed by atoms with van der Waals surface area (Å²) in [6.07, 6.45) is 7.75. The molecule has 0 spiro atoms. The zero-order valence-corrected chi connectivity index (χ0v) is 19.9. The number of morpholine rings is 1. The van der Waals surface area contributed by atoms with Crippen LogP contribution in [-0.2, 0) is 15.9 Å². The molecule has 1 aromatic carbocycles. The highest BCUT2D eigenvalue weighted by molar-refractivity contribution is 5.69. The predicted molar refractivity (Wildman–Crippen MR) is 126 cm³/mol. The highest BCUT2D eigenvalue weighted by atomic mass is 19.1. The van der Waals surface area contributed by atoms with E-state index in [1.165, 1.54) is 19.2 Å². The lowest BCUT2D eigenvalue weighted by atomic mass is 9.92. The van der Waals surface area contributed by atoms with Crippen LogP contribution in [0, 0.1) is 18.7 Å². The summed E-state index contributed by atoms with van der Waals surface area (Å²) >= 11 is 0. The minimum absolute atomic E-state index is 0.0759. The molecule has 4 fully saturated rings. The molecule has 2 unspecified atom stereocenters. The van der Waals surface area contributed by atoms with Crippen molar-refractivity contribution in [3.8, 4) is 5.88 Å². The van der Waals surface area contributed by atoms with Crippen LogP contribution < -0.4 is 10.1 Å². The second-order valence-corrected chi connectivity index (χ2v) is 10.3. The van der Waals surface area contributed by atoms with E-state index in [4.69, 9.17) is 14.2 Å². The van der Waals surface area contributed by atoms with E-state index < -0.39 is 0 Å². The first-order valence-corrected chi connectivity index (χ1v) is 12.6. The van der Waals surface area contributed by atoms with Gasteiger partial charge in [0, 0.05) is 12.8 Å². The van der Waals surface area contributed by atoms with Gasteiger partial charge >= 0.3 is 6.09 Å². The Morgan fingerprint density at radius 3 is 2.60 bits per heavy atom. The van der Waals surface area contributed by atoms with Gasteiger partial charge in [0.1, 0.15) is 30.2 Å². The number of amides is 1. The van der Waals surface area contributed by atoms with Gasteiger partial charge < -0.3 is 19.5 Å². The van der Waals surface area contributed by atoms with Crippen LogP contribution in [0.2, 0.25) is 0 Å². The van der Waals surface area contributed by atoms with Gasteiger partial charge in [-0.1, -0.05) is 6.07 Å². The number of piperidine rings is 1. The number of ether oxygens (including phenoxy) is 3. The normalized spacial score (nSPS) is 25.8. The van der Waals surface area contributed by atoms with Crippen molar-refractivity contribution in [1.29, 1.82) is 0 Å². The number of nitrogens with zero attached hydrogens (tertiary/aromatic N) is 3. The van der Waals surface area contributed by atoms with Crippen LogP contribution in [0.4, 0.5) is 20.7 Å². The van der Waals surface area contributed by atoms with Gasteiger partial charge in [0.25, 0.3) is 0 Å². The van der Waals surface area contributed by atoms with Crippen molar-refractivity contribution in [1.82, 2.24) is 14.9 Å². The lowest BCUT2D eigenvalue weighted by Crippen LogP contribution is -2.61. The molecule has 3 heterocycles. The van der Waals surface area contributed by atoms with Crippen molar-refractivity contribution in [3.63, 3.8) is 0 Å². The van der Waals surface area contributed by atoms with E-state index in [0.29, 0.717) is 54.9 Å². The summed E-state index contributed by atoms with van der Waals surface area (Å²) in [6, 6.07) is 5.19. The highest BCUT2D eigenvalue weighted by Gasteiger charge is 2.44. The van der Waals surface area contributed by atoms with Crippen LogP contribution >= 0.6 is 0 Å². The van der Waals surface area contributed by atoms with Crippen LogP contribution in [0.1, 0.15) is 49.7 Å². The van der Waals surface area contributed by atoms with Crippen molar-refractivity contribution >= 4 is 17.6 Å². The standard InChI is InChI=1S/C26H31FN4O4/c1-15-24(30-23-7-4-17(9-22(23)27)8-16-2-3-16)28-14-29-25(15)34-21-10-18-12-33-13-19(11-21)31(18)26(32)35-20-5-6-20/h4,7,9,14,16,18-21H,2-3,5-6,8,10-13H2,1H3,(H,28,29,30). The summed E-state index contributed by atoms with van der Waals surface area (Å²) < 4.78 is 32.3. The number of aromatic nitrogens is 2. The molecule has 8 nitrogen and oxygen atoms in total. The Bertz CT molecular complexity index is 1090. The van der Waals surface area contributed by atoms with E-state index >= 15 is 0 Å². The zero-order chi connectivity index (χ0) is 23.9. The number of hydrogen-bond acceptors (Lipinski definition) is 7. The van der Waals surface area contributed by atoms with Gasteiger partial charge in [-0.2, -0.15) is 0 Å². The molecule has 1 N–H and O–H groups in total.